The zero-order valence-corrected chi connectivity index (χ0v) is 15.1. The van der Waals surface area contributed by atoms with E-state index in [1.165, 1.54) is 25.1 Å². The van der Waals surface area contributed by atoms with Crippen LogP contribution in [0.4, 0.5) is 13.2 Å². The summed E-state index contributed by atoms with van der Waals surface area (Å²) in [6, 6.07) is 3.12. The van der Waals surface area contributed by atoms with Gasteiger partial charge < -0.3 is 15.2 Å². The molecule has 1 aromatic rings. The highest BCUT2D eigenvalue weighted by molar-refractivity contribution is 5.85. The van der Waals surface area contributed by atoms with Gasteiger partial charge in [0.05, 0.1) is 6.42 Å². The van der Waals surface area contributed by atoms with E-state index >= 15 is 0 Å². The van der Waals surface area contributed by atoms with Crippen molar-refractivity contribution in [2.45, 2.75) is 25.6 Å². The number of esters is 1. The first kappa shape index (κ1) is 23.8. The standard InChI is InChI=1S/C15H19F3N2O3.2ClH/c1-10(21)23-14-3-2-11(8-13(14)22)12(9-15(16,17)18)20-6-4-19-5-7-20;;/h2-3,8,12,19,22H,4-7,9H2,1H3;2*1H/t12-;;/m0../s1. The van der Waals surface area contributed by atoms with Gasteiger partial charge in [0.25, 0.3) is 0 Å². The Hall–Kier alpha value is -1.22. The van der Waals surface area contributed by atoms with Crippen molar-refractivity contribution in [1.82, 2.24) is 10.2 Å². The van der Waals surface area contributed by atoms with Gasteiger partial charge in [0, 0.05) is 39.1 Å². The van der Waals surface area contributed by atoms with Gasteiger partial charge in [-0.25, -0.2) is 0 Å². The number of carbonyl (C=O) groups is 1. The Morgan fingerprint density at radius 2 is 1.92 bits per heavy atom. The highest BCUT2D eigenvalue weighted by atomic mass is 35.5. The molecule has 2 rings (SSSR count). The first-order valence-electron chi connectivity index (χ1n) is 7.29. The highest BCUT2D eigenvalue weighted by Gasteiger charge is 2.36. The Kier molecular flexibility index (Phi) is 9.57. The number of hydrogen-bond donors (Lipinski definition) is 2. The van der Waals surface area contributed by atoms with E-state index in [0.29, 0.717) is 31.7 Å². The number of carbonyl (C=O) groups excluding carboxylic acids is 1. The monoisotopic (exact) mass is 404 g/mol. The Bertz CT molecular complexity index is 567. The summed E-state index contributed by atoms with van der Waals surface area (Å²) in [6.07, 6.45) is -5.32. The van der Waals surface area contributed by atoms with E-state index in [1.54, 1.807) is 4.90 Å². The molecule has 0 aliphatic carbocycles. The van der Waals surface area contributed by atoms with Gasteiger partial charge in [0.2, 0.25) is 0 Å². The summed E-state index contributed by atoms with van der Waals surface area (Å²) in [7, 11) is 0. The molecule has 1 aliphatic rings. The largest absolute Gasteiger partial charge is 0.504 e. The molecule has 0 saturated carbocycles. The molecule has 0 spiro atoms. The van der Waals surface area contributed by atoms with Crippen molar-refractivity contribution in [1.29, 1.82) is 0 Å². The fraction of sp³-hybridized carbons (Fsp3) is 0.533. The van der Waals surface area contributed by atoms with E-state index in [2.05, 4.69) is 5.32 Å². The summed E-state index contributed by atoms with van der Waals surface area (Å²) < 4.78 is 43.6. The van der Waals surface area contributed by atoms with Crippen molar-refractivity contribution in [2.75, 3.05) is 26.2 Å². The smallest absolute Gasteiger partial charge is 0.390 e. The molecular formula is C15H21Cl2F3N2O3. The summed E-state index contributed by atoms with van der Waals surface area (Å²) in [5, 5.41) is 13.0. The van der Waals surface area contributed by atoms with Crippen LogP contribution in [0, 0.1) is 0 Å². The number of phenolic OH excluding ortho intramolecular Hbond substituents is 1. The second kappa shape index (κ2) is 10.1. The SMILES string of the molecule is CC(=O)Oc1ccc([C@H](CC(F)(F)F)N2CCNCC2)cc1O.Cl.Cl. The second-order valence-corrected chi connectivity index (χ2v) is 5.44. The van der Waals surface area contributed by atoms with Crippen LogP contribution in [0.1, 0.15) is 24.9 Å². The van der Waals surface area contributed by atoms with Crippen LogP contribution in [-0.2, 0) is 4.79 Å². The third-order valence-electron chi connectivity index (χ3n) is 3.64. The normalized spacial score (nSPS) is 16.3. The molecule has 0 bridgehead atoms. The number of rotatable bonds is 4. The van der Waals surface area contributed by atoms with Crippen molar-refractivity contribution in [3.8, 4) is 11.5 Å². The minimum Gasteiger partial charge on any atom is -0.504 e. The average molecular weight is 405 g/mol. The molecule has 144 valence electrons. The molecule has 0 unspecified atom stereocenters. The molecule has 1 saturated heterocycles. The molecule has 1 aliphatic heterocycles. The first-order valence-corrected chi connectivity index (χ1v) is 7.29. The van der Waals surface area contributed by atoms with Crippen molar-refractivity contribution >= 4 is 30.8 Å². The quantitative estimate of drug-likeness (QED) is 0.596. The molecule has 1 fully saturated rings. The number of nitrogens with one attached hydrogen (secondary N) is 1. The summed E-state index contributed by atoms with van der Waals surface area (Å²) in [6.45, 7) is 3.40. The number of hydrogen-bond acceptors (Lipinski definition) is 5. The minimum atomic E-state index is -4.32. The summed E-state index contributed by atoms with van der Waals surface area (Å²) in [5.74, 6) is -1.02. The number of benzene rings is 1. The number of aromatic hydroxyl groups is 1. The predicted molar refractivity (Wildman–Crippen MR) is 91.8 cm³/mol. The molecule has 1 atom stereocenters. The van der Waals surface area contributed by atoms with Crippen LogP contribution in [0.2, 0.25) is 0 Å². The number of piperazine rings is 1. The van der Waals surface area contributed by atoms with Gasteiger partial charge in [-0.1, -0.05) is 6.07 Å². The van der Waals surface area contributed by atoms with E-state index in [4.69, 9.17) is 4.74 Å². The Labute approximate surface area is 156 Å². The van der Waals surface area contributed by atoms with E-state index in [0.717, 1.165) is 0 Å². The lowest BCUT2D eigenvalue weighted by atomic mass is 10.00. The van der Waals surface area contributed by atoms with E-state index in [9.17, 15) is 23.1 Å². The molecule has 5 nitrogen and oxygen atoms in total. The van der Waals surface area contributed by atoms with Gasteiger partial charge >= 0.3 is 12.1 Å². The zero-order valence-electron chi connectivity index (χ0n) is 13.5. The fourth-order valence-electron chi connectivity index (χ4n) is 2.65. The lowest BCUT2D eigenvalue weighted by Crippen LogP contribution is -2.46. The maximum Gasteiger partial charge on any atom is 0.390 e. The fourth-order valence-corrected chi connectivity index (χ4v) is 2.65. The van der Waals surface area contributed by atoms with Gasteiger partial charge in [0.15, 0.2) is 11.5 Å². The van der Waals surface area contributed by atoms with Gasteiger partial charge in [-0.3, -0.25) is 9.69 Å². The Balaban J connectivity index is 0.00000288. The number of phenols is 1. The number of halogens is 5. The maximum atomic E-state index is 12.9. The third-order valence-corrected chi connectivity index (χ3v) is 3.64. The van der Waals surface area contributed by atoms with Crippen molar-refractivity contribution < 1.29 is 27.8 Å². The van der Waals surface area contributed by atoms with Crippen LogP contribution in [0.15, 0.2) is 18.2 Å². The van der Waals surface area contributed by atoms with Crippen molar-refractivity contribution in [3.05, 3.63) is 23.8 Å². The second-order valence-electron chi connectivity index (χ2n) is 5.44. The lowest BCUT2D eigenvalue weighted by Gasteiger charge is -2.35. The number of ether oxygens (including phenoxy) is 1. The molecule has 2 N–H and O–H groups in total. The van der Waals surface area contributed by atoms with Crippen LogP contribution in [0.5, 0.6) is 11.5 Å². The maximum absolute atomic E-state index is 12.9. The average Bonchev–Trinajstić information content (AvgIpc) is 2.46. The topological polar surface area (TPSA) is 61.8 Å². The lowest BCUT2D eigenvalue weighted by molar-refractivity contribution is -0.148. The van der Waals surface area contributed by atoms with Crippen LogP contribution in [-0.4, -0.2) is 48.3 Å². The first-order chi connectivity index (χ1) is 10.8. The van der Waals surface area contributed by atoms with Crippen LogP contribution < -0.4 is 10.1 Å². The minimum absolute atomic E-state index is 0. The molecule has 0 amide bonds. The predicted octanol–water partition coefficient (Wildman–Crippen LogP) is 3.06. The molecule has 10 heteroatoms. The molecule has 0 aromatic heterocycles. The summed E-state index contributed by atoms with van der Waals surface area (Å²) in [5.41, 5.74) is 0.345. The molecule has 25 heavy (non-hydrogen) atoms. The summed E-state index contributed by atoms with van der Waals surface area (Å²) >= 11 is 0. The summed E-state index contributed by atoms with van der Waals surface area (Å²) in [4.78, 5) is 12.7. The van der Waals surface area contributed by atoms with E-state index in [1.807, 2.05) is 0 Å². The zero-order chi connectivity index (χ0) is 17.0. The molecule has 1 heterocycles. The van der Waals surface area contributed by atoms with Gasteiger partial charge in [-0.05, 0) is 17.7 Å². The van der Waals surface area contributed by atoms with E-state index < -0.39 is 24.6 Å². The van der Waals surface area contributed by atoms with Crippen LogP contribution >= 0.6 is 24.8 Å². The molecule has 0 radical (unpaired) electrons. The molecule has 1 aromatic carbocycles. The van der Waals surface area contributed by atoms with Crippen LogP contribution in [0.25, 0.3) is 0 Å². The van der Waals surface area contributed by atoms with Gasteiger partial charge in [-0.15, -0.1) is 24.8 Å². The Morgan fingerprint density at radius 3 is 2.40 bits per heavy atom. The van der Waals surface area contributed by atoms with Crippen LogP contribution in [0.3, 0.4) is 0 Å². The number of alkyl halides is 3. The third kappa shape index (κ3) is 7.27. The van der Waals surface area contributed by atoms with Crippen molar-refractivity contribution in [2.24, 2.45) is 0 Å². The van der Waals surface area contributed by atoms with Gasteiger partial charge in [-0.2, -0.15) is 13.2 Å². The van der Waals surface area contributed by atoms with Gasteiger partial charge in [0.1, 0.15) is 0 Å². The Morgan fingerprint density at radius 1 is 1.32 bits per heavy atom. The highest BCUT2D eigenvalue weighted by Crippen LogP contribution is 2.37. The van der Waals surface area contributed by atoms with E-state index in [-0.39, 0.29) is 36.3 Å². The van der Waals surface area contributed by atoms with Crippen molar-refractivity contribution in [3.63, 3.8) is 0 Å². The molecular weight excluding hydrogens is 384 g/mol. The number of nitrogens with zero attached hydrogens (tertiary/aromatic N) is 1.